The van der Waals surface area contributed by atoms with E-state index in [0.29, 0.717) is 13.2 Å². The maximum atomic E-state index is 6.23. The first-order chi connectivity index (χ1) is 20.3. The Labute approximate surface area is 266 Å². The molecule has 0 N–H and O–H groups in total. The van der Waals surface area contributed by atoms with Gasteiger partial charge in [0.1, 0.15) is 0 Å². The van der Waals surface area contributed by atoms with Crippen molar-refractivity contribution in [2.45, 2.75) is 181 Å². The zero-order chi connectivity index (χ0) is 29.9. The van der Waals surface area contributed by atoms with Gasteiger partial charge >= 0.3 is 0 Å². The molecule has 3 nitrogen and oxygen atoms in total. The van der Waals surface area contributed by atoms with Gasteiger partial charge in [-0.25, -0.2) is 0 Å². The van der Waals surface area contributed by atoms with Gasteiger partial charge in [0.15, 0.2) is 12.6 Å². The van der Waals surface area contributed by atoms with Crippen LogP contribution in [0.5, 0.6) is 0 Å². The van der Waals surface area contributed by atoms with E-state index in [4.69, 9.17) is 37.4 Å². The van der Waals surface area contributed by atoms with E-state index >= 15 is 0 Å². The molecule has 244 valence electrons. The molecule has 2 atom stereocenters. The molecule has 0 aliphatic rings. The molecule has 0 spiro atoms. The molecular formula is C36H68Cl2O3. The first-order valence-corrected chi connectivity index (χ1v) is 18.7. The highest BCUT2D eigenvalue weighted by Gasteiger charge is 2.16. The molecule has 0 rings (SSSR count). The minimum atomic E-state index is -0.199. The van der Waals surface area contributed by atoms with Crippen LogP contribution >= 0.6 is 23.2 Å². The second-order valence-corrected chi connectivity index (χ2v) is 12.1. The van der Waals surface area contributed by atoms with Crippen molar-refractivity contribution in [2.75, 3.05) is 25.0 Å². The SMILES string of the molecule is CCOC(CCC=CCCCCCCCCCCCCl)OC(CCC=CCCCCCCCCCCCCl)OCC. The van der Waals surface area contributed by atoms with Crippen molar-refractivity contribution in [1.82, 2.24) is 0 Å². The quantitative estimate of drug-likeness (QED) is 0.0310. The molecule has 0 saturated heterocycles. The van der Waals surface area contributed by atoms with E-state index in [1.807, 2.05) is 13.8 Å². The average Bonchev–Trinajstić information content (AvgIpc) is 2.97. The Morgan fingerprint density at radius 1 is 0.415 bits per heavy atom. The number of hydrogen-bond acceptors (Lipinski definition) is 3. The maximum absolute atomic E-state index is 6.23. The molecular weight excluding hydrogens is 551 g/mol. The van der Waals surface area contributed by atoms with Crippen LogP contribution in [0.3, 0.4) is 0 Å². The molecule has 0 bridgehead atoms. The highest BCUT2D eigenvalue weighted by Crippen LogP contribution is 2.16. The minimum absolute atomic E-state index is 0.199. The van der Waals surface area contributed by atoms with Gasteiger partial charge in [0.25, 0.3) is 0 Å². The van der Waals surface area contributed by atoms with Gasteiger partial charge in [0.05, 0.1) is 0 Å². The van der Waals surface area contributed by atoms with Crippen LogP contribution in [-0.2, 0) is 14.2 Å². The Morgan fingerprint density at radius 3 is 1.02 bits per heavy atom. The zero-order valence-corrected chi connectivity index (χ0v) is 28.8. The van der Waals surface area contributed by atoms with E-state index in [-0.39, 0.29) is 12.6 Å². The molecule has 0 aromatic carbocycles. The predicted octanol–water partition coefficient (Wildman–Crippen LogP) is 12.7. The third-order valence-corrected chi connectivity index (χ3v) is 8.02. The summed E-state index contributed by atoms with van der Waals surface area (Å²) in [6, 6.07) is 0. The molecule has 0 amide bonds. The standard InChI is InChI=1S/C36H68Cl2O3/c1-3-39-35(31-27-23-19-15-11-7-5-9-13-17-21-25-29-33-37)41-36(40-4-2)32-28-24-20-16-12-8-6-10-14-18-22-26-30-34-38/h19-20,23-24,35-36H,3-18,21-22,25-34H2,1-2H3. The summed E-state index contributed by atoms with van der Waals surface area (Å²) in [6.45, 7) is 5.39. The fourth-order valence-corrected chi connectivity index (χ4v) is 5.42. The van der Waals surface area contributed by atoms with E-state index in [9.17, 15) is 0 Å². The summed E-state index contributed by atoms with van der Waals surface area (Å²) in [5.74, 6) is 1.63. The van der Waals surface area contributed by atoms with Crippen LogP contribution in [0, 0.1) is 0 Å². The van der Waals surface area contributed by atoms with Gasteiger partial charge < -0.3 is 14.2 Å². The molecule has 0 fully saturated rings. The van der Waals surface area contributed by atoms with Crippen molar-refractivity contribution >= 4 is 23.2 Å². The van der Waals surface area contributed by atoms with Gasteiger partial charge in [0.2, 0.25) is 0 Å². The Hall–Kier alpha value is -0.0600. The zero-order valence-electron chi connectivity index (χ0n) is 27.2. The predicted molar refractivity (Wildman–Crippen MR) is 182 cm³/mol. The number of allylic oxidation sites excluding steroid dienone is 4. The molecule has 5 heteroatoms. The van der Waals surface area contributed by atoms with Gasteiger partial charge in [0, 0.05) is 37.8 Å². The summed E-state index contributed by atoms with van der Waals surface area (Å²) in [5.41, 5.74) is 0. The van der Waals surface area contributed by atoms with Crippen molar-refractivity contribution in [1.29, 1.82) is 0 Å². The molecule has 0 aliphatic heterocycles. The van der Waals surface area contributed by atoms with Crippen molar-refractivity contribution < 1.29 is 14.2 Å². The summed E-state index contributed by atoms with van der Waals surface area (Å²) in [6.07, 6.45) is 38.9. The van der Waals surface area contributed by atoms with Crippen molar-refractivity contribution in [3.05, 3.63) is 24.3 Å². The number of halogens is 2. The van der Waals surface area contributed by atoms with Crippen molar-refractivity contribution in [3.63, 3.8) is 0 Å². The lowest BCUT2D eigenvalue weighted by Gasteiger charge is -2.24. The van der Waals surface area contributed by atoms with E-state index in [2.05, 4.69) is 24.3 Å². The Kier molecular flexibility index (Phi) is 36.1. The molecule has 0 aromatic rings. The van der Waals surface area contributed by atoms with Gasteiger partial charge in [-0.2, -0.15) is 0 Å². The van der Waals surface area contributed by atoms with Crippen LogP contribution in [0.2, 0.25) is 0 Å². The molecule has 41 heavy (non-hydrogen) atoms. The summed E-state index contributed by atoms with van der Waals surface area (Å²) in [7, 11) is 0. The van der Waals surface area contributed by atoms with Crippen LogP contribution in [0.1, 0.15) is 168 Å². The van der Waals surface area contributed by atoms with Crippen LogP contribution < -0.4 is 0 Å². The van der Waals surface area contributed by atoms with Gasteiger partial charge in [-0.3, -0.25) is 0 Å². The van der Waals surface area contributed by atoms with Crippen LogP contribution in [0.4, 0.5) is 0 Å². The summed E-state index contributed by atoms with van der Waals surface area (Å²) >= 11 is 11.5. The van der Waals surface area contributed by atoms with E-state index < -0.39 is 0 Å². The number of ether oxygens (including phenoxy) is 3. The first kappa shape index (κ1) is 40.9. The van der Waals surface area contributed by atoms with Crippen molar-refractivity contribution in [2.24, 2.45) is 0 Å². The molecule has 0 aromatic heterocycles. The lowest BCUT2D eigenvalue weighted by Crippen LogP contribution is -2.27. The largest absolute Gasteiger partial charge is 0.353 e. The van der Waals surface area contributed by atoms with Gasteiger partial charge in [-0.15, -0.1) is 23.2 Å². The third-order valence-electron chi connectivity index (χ3n) is 7.49. The Balaban J connectivity index is 3.89. The summed E-state index contributed by atoms with van der Waals surface area (Å²) in [4.78, 5) is 0. The Bertz CT molecular complexity index is 495. The van der Waals surface area contributed by atoms with E-state index in [1.165, 1.54) is 128 Å². The number of alkyl halides is 2. The number of hydrogen-bond donors (Lipinski definition) is 0. The van der Waals surface area contributed by atoms with Gasteiger partial charge in [-0.1, -0.05) is 114 Å². The summed E-state index contributed by atoms with van der Waals surface area (Å²) < 4.78 is 18.0. The highest BCUT2D eigenvalue weighted by atomic mass is 35.5. The monoisotopic (exact) mass is 618 g/mol. The second-order valence-electron chi connectivity index (χ2n) is 11.3. The first-order valence-electron chi connectivity index (χ1n) is 17.6. The van der Waals surface area contributed by atoms with Crippen LogP contribution in [0.25, 0.3) is 0 Å². The van der Waals surface area contributed by atoms with Crippen LogP contribution in [-0.4, -0.2) is 37.6 Å². The van der Waals surface area contributed by atoms with E-state index in [0.717, 1.165) is 37.4 Å². The fourth-order valence-electron chi connectivity index (χ4n) is 5.05. The smallest absolute Gasteiger partial charge is 0.161 e. The number of unbranched alkanes of at least 4 members (excludes halogenated alkanes) is 18. The normalized spacial score (nSPS) is 13.6. The van der Waals surface area contributed by atoms with Gasteiger partial charge in [-0.05, 0) is 65.2 Å². The minimum Gasteiger partial charge on any atom is -0.353 e. The average molecular weight is 620 g/mol. The lowest BCUT2D eigenvalue weighted by molar-refractivity contribution is -0.246. The fraction of sp³-hybridized carbons (Fsp3) is 0.889. The van der Waals surface area contributed by atoms with E-state index in [1.54, 1.807) is 0 Å². The topological polar surface area (TPSA) is 27.7 Å². The second kappa shape index (κ2) is 36.1. The molecule has 0 aliphatic carbocycles. The summed E-state index contributed by atoms with van der Waals surface area (Å²) in [5, 5.41) is 0. The molecule has 2 unspecified atom stereocenters. The molecule has 0 radical (unpaired) electrons. The molecule has 0 saturated carbocycles. The highest BCUT2D eigenvalue weighted by molar-refractivity contribution is 6.18. The molecule has 0 heterocycles. The van der Waals surface area contributed by atoms with Crippen molar-refractivity contribution in [3.8, 4) is 0 Å². The number of rotatable bonds is 34. The Morgan fingerprint density at radius 2 is 0.707 bits per heavy atom. The maximum Gasteiger partial charge on any atom is 0.161 e. The van der Waals surface area contributed by atoms with Crippen LogP contribution in [0.15, 0.2) is 24.3 Å². The lowest BCUT2D eigenvalue weighted by atomic mass is 10.1. The third kappa shape index (κ3) is 32.7.